The summed E-state index contributed by atoms with van der Waals surface area (Å²) in [6.45, 7) is 1.71. The van der Waals surface area contributed by atoms with Crippen molar-refractivity contribution in [1.82, 2.24) is 5.32 Å². The zero-order valence-corrected chi connectivity index (χ0v) is 11.5. The van der Waals surface area contributed by atoms with Gasteiger partial charge >= 0.3 is 5.97 Å². The number of hydrogen-bond acceptors (Lipinski definition) is 2. The Hall–Kier alpha value is -1.50. The van der Waals surface area contributed by atoms with Gasteiger partial charge in [-0.05, 0) is 49.5 Å². The highest BCUT2D eigenvalue weighted by atomic mass is 35.5. The summed E-state index contributed by atoms with van der Waals surface area (Å²) in [4.78, 5) is 11.4. The van der Waals surface area contributed by atoms with Crippen LogP contribution in [-0.2, 0) is 11.2 Å². The summed E-state index contributed by atoms with van der Waals surface area (Å²) in [5.74, 6) is 1.76. The standard InChI is InChI=1S/C15H17NO2.ClH/c1-2-11-4-3-5-12(8-11)9-14(15(17)18)13-6-7-16-10-13;/h1,3-5,8,13-14,16H,6-7,9-10H2,(H,17,18);1H/t13-,14-;/m0./s1. The molecule has 4 heteroatoms. The van der Waals surface area contributed by atoms with E-state index in [9.17, 15) is 9.90 Å². The van der Waals surface area contributed by atoms with E-state index in [0.29, 0.717) is 6.42 Å². The molecule has 3 nitrogen and oxygen atoms in total. The number of benzene rings is 1. The van der Waals surface area contributed by atoms with Crippen molar-refractivity contribution in [3.8, 4) is 12.3 Å². The summed E-state index contributed by atoms with van der Waals surface area (Å²) >= 11 is 0. The Bertz CT molecular complexity index is 475. The van der Waals surface area contributed by atoms with E-state index in [2.05, 4.69) is 11.2 Å². The SMILES string of the molecule is C#Cc1cccc(C[C@H](C(=O)O)[C@H]2CCNC2)c1.Cl. The minimum absolute atomic E-state index is 0. The fourth-order valence-corrected chi connectivity index (χ4v) is 2.52. The highest BCUT2D eigenvalue weighted by molar-refractivity contribution is 5.85. The van der Waals surface area contributed by atoms with Gasteiger partial charge in [-0.3, -0.25) is 4.79 Å². The predicted molar refractivity (Wildman–Crippen MR) is 77.4 cm³/mol. The Kier molecular flexibility index (Phi) is 5.88. The van der Waals surface area contributed by atoms with Crippen molar-refractivity contribution in [2.75, 3.05) is 13.1 Å². The Balaban J connectivity index is 0.00000180. The van der Waals surface area contributed by atoms with Gasteiger partial charge in [0.15, 0.2) is 0 Å². The summed E-state index contributed by atoms with van der Waals surface area (Å²) < 4.78 is 0. The lowest BCUT2D eigenvalue weighted by Gasteiger charge is -2.18. The van der Waals surface area contributed by atoms with Crippen LogP contribution in [0.15, 0.2) is 24.3 Å². The van der Waals surface area contributed by atoms with Crippen molar-refractivity contribution >= 4 is 18.4 Å². The van der Waals surface area contributed by atoms with E-state index in [-0.39, 0.29) is 24.2 Å². The number of terminal acetylenes is 1. The largest absolute Gasteiger partial charge is 0.481 e. The molecule has 0 aliphatic carbocycles. The fraction of sp³-hybridized carbons (Fsp3) is 0.400. The second kappa shape index (κ2) is 7.18. The molecule has 2 rings (SSSR count). The summed E-state index contributed by atoms with van der Waals surface area (Å²) in [5.41, 5.74) is 1.81. The molecule has 1 aromatic carbocycles. The third kappa shape index (κ3) is 3.99. The first kappa shape index (κ1) is 15.6. The van der Waals surface area contributed by atoms with Gasteiger partial charge in [0.05, 0.1) is 5.92 Å². The molecule has 1 aromatic rings. The van der Waals surface area contributed by atoms with Crippen molar-refractivity contribution in [3.63, 3.8) is 0 Å². The van der Waals surface area contributed by atoms with Crippen LogP contribution < -0.4 is 5.32 Å². The molecule has 0 saturated carbocycles. The average Bonchev–Trinajstić information content (AvgIpc) is 2.89. The smallest absolute Gasteiger partial charge is 0.307 e. The third-order valence-corrected chi connectivity index (χ3v) is 3.53. The van der Waals surface area contributed by atoms with Crippen LogP contribution in [-0.4, -0.2) is 24.2 Å². The van der Waals surface area contributed by atoms with E-state index in [1.165, 1.54) is 0 Å². The molecule has 2 N–H and O–H groups in total. The van der Waals surface area contributed by atoms with Crippen molar-refractivity contribution in [3.05, 3.63) is 35.4 Å². The molecule has 0 spiro atoms. The predicted octanol–water partition coefficient (Wildman–Crippen LogP) is 1.94. The zero-order chi connectivity index (χ0) is 13.0. The first-order chi connectivity index (χ1) is 8.70. The Morgan fingerprint density at radius 2 is 2.37 bits per heavy atom. The van der Waals surface area contributed by atoms with Crippen molar-refractivity contribution in [2.24, 2.45) is 11.8 Å². The highest BCUT2D eigenvalue weighted by Crippen LogP contribution is 2.23. The first-order valence-corrected chi connectivity index (χ1v) is 6.20. The van der Waals surface area contributed by atoms with E-state index in [0.717, 1.165) is 30.6 Å². The summed E-state index contributed by atoms with van der Waals surface area (Å²) in [6, 6.07) is 7.59. The van der Waals surface area contributed by atoms with E-state index >= 15 is 0 Å². The van der Waals surface area contributed by atoms with Crippen molar-refractivity contribution < 1.29 is 9.90 Å². The number of rotatable bonds is 4. The molecule has 1 fully saturated rings. The fourth-order valence-electron chi connectivity index (χ4n) is 2.52. The average molecular weight is 280 g/mol. The third-order valence-electron chi connectivity index (χ3n) is 3.53. The Morgan fingerprint density at radius 1 is 1.58 bits per heavy atom. The number of halogens is 1. The van der Waals surface area contributed by atoms with E-state index in [1.54, 1.807) is 0 Å². The molecule has 1 heterocycles. The second-order valence-electron chi connectivity index (χ2n) is 4.75. The molecular weight excluding hydrogens is 262 g/mol. The maximum Gasteiger partial charge on any atom is 0.307 e. The molecule has 0 aromatic heterocycles. The molecule has 0 amide bonds. The lowest BCUT2D eigenvalue weighted by molar-refractivity contribution is -0.143. The van der Waals surface area contributed by atoms with Crippen molar-refractivity contribution in [1.29, 1.82) is 0 Å². The van der Waals surface area contributed by atoms with Gasteiger partial charge in [0.25, 0.3) is 0 Å². The molecule has 102 valence electrons. The highest BCUT2D eigenvalue weighted by Gasteiger charge is 2.30. The van der Waals surface area contributed by atoms with Crippen molar-refractivity contribution in [2.45, 2.75) is 12.8 Å². The minimum Gasteiger partial charge on any atom is -0.481 e. The maximum atomic E-state index is 11.4. The number of carboxylic acid groups (broad SMARTS) is 1. The number of carbonyl (C=O) groups is 1. The molecule has 0 unspecified atom stereocenters. The molecule has 0 bridgehead atoms. The first-order valence-electron chi connectivity index (χ1n) is 6.20. The van der Waals surface area contributed by atoms with Gasteiger partial charge in [0, 0.05) is 5.56 Å². The normalized spacial score (nSPS) is 19.2. The maximum absolute atomic E-state index is 11.4. The topological polar surface area (TPSA) is 49.3 Å². The second-order valence-corrected chi connectivity index (χ2v) is 4.75. The molecule has 2 atom stereocenters. The van der Waals surface area contributed by atoms with Crippen LogP contribution in [0, 0.1) is 24.2 Å². The molecule has 0 radical (unpaired) electrons. The van der Waals surface area contributed by atoms with Gasteiger partial charge in [-0.2, -0.15) is 0 Å². The van der Waals surface area contributed by atoms with Gasteiger partial charge in [-0.15, -0.1) is 18.8 Å². The lowest BCUT2D eigenvalue weighted by Crippen LogP contribution is -2.27. The molecule has 1 saturated heterocycles. The quantitative estimate of drug-likeness (QED) is 0.828. The monoisotopic (exact) mass is 279 g/mol. The van der Waals surface area contributed by atoms with Crippen LogP contribution in [0.1, 0.15) is 17.5 Å². The van der Waals surface area contributed by atoms with Gasteiger partial charge < -0.3 is 10.4 Å². The number of nitrogens with one attached hydrogen (secondary N) is 1. The van der Waals surface area contributed by atoms with Crippen LogP contribution in [0.4, 0.5) is 0 Å². The van der Waals surface area contributed by atoms with Gasteiger partial charge in [-0.25, -0.2) is 0 Å². The van der Waals surface area contributed by atoms with Crippen LogP contribution >= 0.6 is 12.4 Å². The Labute approximate surface area is 119 Å². The van der Waals surface area contributed by atoms with E-state index in [1.807, 2.05) is 24.3 Å². The van der Waals surface area contributed by atoms with E-state index < -0.39 is 5.97 Å². The number of carboxylic acids is 1. The Morgan fingerprint density at radius 3 is 2.95 bits per heavy atom. The van der Waals surface area contributed by atoms with E-state index in [4.69, 9.17) is 6.42 Å². The van der Waals surface area contributed by atoms with Gasteiger partial charge in [0.2, 0.25) is 0 Å². The molecule has 1 aliphatic rings. The number of hydrogen-bond donors (Lipinski definition) is 2. The molecule has 19 heavy (non-hydrogen) atoms. The van der Waals surface area contributed by atoms with Crippen LogP contribution in [0.2, 0.25) is 0 Å². The van der Waals surface area contributed by atoms with Gasteiger partial charge in [-0.1, -0.05) is 18.1 Å². The summed E-state index contributed by atoms with van der Waals surface area (Å²) in [7, 11) is 0. The molecule has 1 aliphatic heterocycles. The summed E-state index contributed by atoms with van der Waals surface area (Å²) in [5, 5.41) is 12.6. The zero-order valence-electron chi connectivity index (χ0n) is 10.6. The van der Waals surface area contributed by atoms with Crippen LogP contribution in [0.5, 0.6) is 0 Å². The van der Waals surface area contributed by atoms with Gasteiger partial charge in [0.1, 0.15) is 0 Å². The van der Waals surface area contributed by atoms with Crippen LogP contribution in [0.25, 0.3) is 0 Å². The minimum atomic E-state index is -0.713. The lowest BCUT2D eigenvalue weighted by atomic mass is 9.86. The summed E-state index contributed by atoms with van der Waals surface area (Å²) in [6.07, 6.45) is 6.84. The van der Waals surface area contributed by atoms with Crippen LogP contribution in [0.3, 0.4) is 0 Å². The number of aliphatic carboxylic acids is 1. The molecular formula is C15H18ClNO2.